The molecule has 2 amide bonds. The molecule has 0 aromatic carbocycles. The molecular formula is C22H43N3O2. The van der Waals surface area contributed by atoms with E-state index < -0.39 is 0 Å². The molecule has 1 unspecified atom stereocenters. The molecule has 1 heterocycles. The molecule has 1 fully saturated rings. The lowest BCUT2D eigenvalue weighted by Gasteiger charge is -2.32. The predicted molar refractivity (Wildman–Crippen MR) is 113 cm³/mol. The number of carbonyl (C=O) groups is 2. The zero-order valence-corrected chi connectivity index (χ0v) is 18.2. The van der Waals surface area contributed by atoms with Gasteiger partial charge in [0, 0.05) is 31.6 Å². The van der Waals surface area contributed by atoms with Crippen molar-refractivity contribution in [2.45, 2.75) is 104 Å². The highest BCUT2D eigenvalue weighted by Gasteiger charge is 2.23. The fourth-order valence-corrected chi connectivity index (χ4v) is 3.48. The van der Waals surface area contributed by atoms with Crippen LogP contribution in [0.15, 0.2) is 0 Å². The number of carbonyl (C=O) groups excluding carboxylic acids is 2. The highest BCUT2D eigenvalue weighted by Crippen LogP contribution is 2.15. The Labute approximate surface area is 167 Å². The molecule has 1 saturated heterocycles. The third-order valence-electron chi connectivity index (χ3n) is 5.61. The molecule has 2 N–H and O–H groups in total. The van der Waals surface area contributed by atoms with Crippen LogP contribution >= 0.6 is 0 Å². The van der Waals surface area contributed by atoms with Gasteiger partial charge < -0.3 is 15.5 Å². The standard InChI is InChI=1S/C22H43N3O2/c1-5-19(4)23-17-21(26)24-20-13-15-25(16-14-20)22(27)12-10-8-6-7-9-11-18(2)3/h18-20,23H,5-17H2,1-4H3,(H,24,26). The Hall–Kier alpha value is -1.10. The predicted octanol–water partition coefficient (Wildman–Crippen LogP) is 3.87. The molecule has 0 spiro atoms. The summed E-state index contributed by atoms with van der Waals surface area (Å²) in [6.45, 7) is 10.7. The molecule has 1 aliphatic heterocycles. The van der Waals surface area contributed by atoms with E-state index in [0.29, 0.717) is 24.9 Å². The van der Waals surface area contributed by atoms with Gasteiger partial charge in [-0.25, -0.2) is 0 Å². The van der Waals surface area contributed by atoms with Crippen molar-refractivity contribution in [3.63, 3.8) is 0 Å². The second-order valence-corrected chi connectivity index (χ2v) is 8.61. The number of amides is 2. The lowest BCUT2D eigenvalue weighted by atomic mass is 10.0. The Kier molecular flexibility index (Phi) is 12.4. The summed E-state index contributed by atoms with van der Waals surface area (Å²) in [5.41, 5.74) is 0. The maximum Gasteiger partial charge on any atom is 0.234 e. The first-order valence-electron chi connectivity index (χ1n) is 11.2. The largest absolute Gasteiger partial charge is 0.352 e. The van der Waals surface area contributed by atoms with Crippen molar-refractivity contribution in [1.82, 2.24) is 15.5 Å². The molecule has 27 heavy (non-hydrogen) atoms. The lowest BCUT2D eigenvalue weighted by molar-refractivity contribution is -0.132. The van der Waals surface area contributed by atoms with Crippen LogP contribution < -0.4 is 10.6 Å². The normalized spacial score (nSPS) is 16.6. The first kappa shape index (κ1) is 23.9. The molecule has 1 rings (SSSR count). The van der Waals surface area contributed by atoms with Gasteiger partial charge in [0.25, 0.3) is 0 Å². The van der Waals surface area contributed by atoms with Gasteiger partial charge in [-0.05, 0) is 38.5 Å². The molecule has 5 heteroatoms. The first-order chi connectivity index (χ1) is 12.9. The van der Waals surface area contributed by atoms with Gasteiger partial charge in [0.15, 0.2) is 0 Å². The Balaban J connectivity index is 2.08. The highest BCUT2D eigenvalue weighted by molar-refractivity contribution is 5.78. The average Bonchev–Trinajstić information content (AvgIpc) is 2.65. The fourth-order valence-electron chi connectivity index (χ4n) is 3.48. The summed E-state index contributed by atoms with van der Waals surface area (Å²) >= 11 is 0. The maximum atomic E-state index is 12.3. The zero-order valence-electron chi connectivity index (χ0n) is 18.2. The minimum absolute atomic E-state index is 0.0672. The summed E-state index contributed by atoms with van der Waals surface area (Å²) in [5.74, 6) is 1.16. The number of likely N-dealkylation sites (tertiary alicyclic amines) is 1. The average molecular weight is 382 g/mol. The van der Waals surface area contributed by atoms with E-state index in [-0.39, 0.29) is 11.9 Å². The van der Waals surface area contributed by atoms with Crippen LogP contribution in [0.25, 0.3) is 0 Å². The van der Waals surface area contributed by atoms with Crippen molar-refractivity contribution in [1.29, 1.82) is 0 Å². The van der Waals surface area contributed by atoms with Crippen molar-refractivity contribution in [3.05, 3.63) is 0 Å². The van der Waals surface area contributed by atoms with Gasteiger partial charge >= 0.3 is 0 Å². The molecule has 1 atom stereocenters. The number of unbranched alkanes of at least 4 members (excludes halogenated alkanes) is 4. The SMILES string of the molecule is CCC(C)NCC(=O)NC1CCN(C(=O)CCCCCCCC(C)C)CC1. The molecule has 1 aliphatic rings. The summed E-state index contributed by atoms with van der Waals surface area (Å²) in [7, 11) is 0. The minimum Gasteiger partial charge on any atom is -0.352 e. The van der Waals surface area contributed by atoms with Gasteiger partial charge in [0.05, 0.1) is 6.54 Å². The summed E-state index contributed by atoms with van der Waals surface area (Å²) in [5, 5.41) is 6.32. The number of hydrogen-bond acceptors (Lipinski definition) is 3. The Bertz CT molecular complexity index is 418. The quantitative estimate of drug-likeness (QED) is 0.476. The van der Waals surface area contributed by atoms with Crippen LogP contribution in [0.1, 0.15) is 91.9 Å². The molecule has 158 valence electrons. The van der Waals surface area contributed by atoms with Crippen LogP contribution in [0, 0.1) is 5.92 Å². The van der Waals surface area contributed by atoms with Crippen molar-refractivity contribution >= 4 is 11.8 Å². The van der Waals surface area contributed by atoms with E-state index in [2.05, 4.69) is 38.3 Å². The summed E-state index contributed by atoms with van der Waals surface area (Å²) < 4.78 is 0. The van der Waals surface area contributed by atoms with Crippen LogP contribution in [0.3, 0.4) is 0 Å². The number of nitrogens with zero attached hydrogens (tertiary/aromatic N) is 1. The van der Waals surface area contributed by atoms with E-state index >= 15 is 0 Å². The number of rotatable bonds is 13. The molecule has 0 aromatic heterocycles. The van der Waals surface area contributed by atoms with Gasteiger partial charge in [0.2, 0.25) is 11.8 Å². The van der Waals surface area contributed by atoms with E-state index in [4.69, 9.17) is 0 Å². The highest BCUT2D eigenvalue weighted by atomic mass is 16.2. The zero-order chi connectivity index (χ0) is 20.1. The minimum atomic E-state index is 0.0672. The van der Waals surface area contributed by atoms with Crippen molar-refractivity contribution in [2.24, 2.45) is 5.92 Å². The Morgan fingerprint density at radius 3 is 2.26 bits per heavy atom. The van der Waals surface area contributed by atoms with Crippen LogP contribution in [0.2, 0.25) is 0 Å². The van der Waals surface area contributed by atoms with Crippen LogP contribution in [-0.4, -0.2) is 48.4 Å². The monoisotopic (exact) mass is 381 g/mol. The molecule has 0 radical (unpaired) electrons. The van der Waals surface area contributed by atoms with Crippen LogP contribution in [0.5, 0.6) is 0 Å². The molecular weight excluding hydrogens is 338 g/mol. The van der Waals surface area contributed by atoms with Crippen molar-refractivity contribution < 1.29 is 9.59 Å². The third kappa shape index (κ3) is 11.4. The summed E-state index contributed by atoms with van der Waals surface area (Å²) in [6.07, 6.45) is 10.8. The fraction of sp³-hybridized carbons (Fsp3) is 0.909. The van der Waals surface area contributed by atoms with Gasteiger partial charge in [0.1, 0.15) is 0 Å². The maximum absolute atomic E-state index is 12.3. The Morgan fingerprint density at radius 2 is 1.63 bits per heavy atom. The molecule has 0 bridgehead atoms. The van der Waals surface area contributed by atoms with E-state index in [9.17, 15) is 9.59 Å². The van der Waals surface area contributed by atoms with Crippen molar-refractivity contribution in [2.75, 3.05) is 19.6 Å². The van der Waals surface area contributed by atoms with E-state index in [0.717, 1.165) is 44.7 Å². The van der Waals surface area contributed by atoms with E-state index in [1.807, 2.05) is 4.90 Å². The molecule has 5 nitrogen and oxygen atoms in total. The van der Waals surface area contributed by atoms with Gasteiger partial charge in [-0.3, -0.25) is 9.59 Å². The van der Waals surface area contributed by atoms with Crippen LogP contribution in [0.4, 0.5) is 0 Å². The molecule has 0 saturated carbocycles. The van der Waals surface area contributed by atoms with E-state index in [1.165, 1.54) is 32.1 Å². The summed E-state index contributed by atoms with van der Waals surface area (Å²) in [6, 6.07) is 0.576. The van der Waals surface area contributed by atoms with Gasteiger partial charge in [-0.15, -0.1) is 0 Å². The van der Waals surface area contributed by atoms with Crippen molar-refractivity contribution in [3.8, 4) is 0 Å². The smallest absolute Gasteiger partial charge is 0.234 e. The second-order valence-electron chi connectivity index (χ2n) is 8.61. The van der Waals surface area contributed by atoms with Gasteiger partial charge in [-0.2, -0.15) is 0 Å². The number of piperidine rings is 1. The first-order valence-corrected chi connectivity index (χ1v) is 11.2. The molecule has 0 aliphatic carbocycles. The topological polar surface area (TPSA) is 61.4 Å². The van der Waals surface area contributed by atoms with E-state index in [1.54, 1.807) is 0 Å². The molecule has 0 aromatic rings. The second kappa shape index (κ2) is 14.0. The lowest BCUT2D eigenvalue weighted by Crippen LogP contribution is -2.48. The summed E-state index contributed by atoms with van der Waals surface area (Å²) in [4.78, 5) is 26.3. The number of hydrogen-bond donors (Lipinski definition) is 2. The third-order valence-corrected chi connectivity index (χ3v) is 5.61. The van der Waals surface area contributed by atoms with Gasteiger partial charge in [-0.1, -0.05) is 52.9 Å². The van der Waals surface area contributed by atoms with Crippen LogP contribution in [-0.2, 0) is 9.59 Å². The Morgan fingerprint density at radius 1 is 1.00 bits per heavy atom. The number of nitrogens with one attached hydrogen (secondary N) is 2.